The topological polar surface area (TPSA) is 90.1 Å². The van der Waals surface area contributed by atoms with E-state index in [4.69, 9.17) is 9.47 Å². The molecule has 0 aliphatic rings. The summed E-state index contributed by atoms with van der Waals surface area (Å²) in [6, 6.07) is 22.2. The van der Waals surface area contributed by atoms with Crippen LogP contribution >= 0.6 is 0 Å². The van der Waals surface area contributed by atoms with Gasteiger partial charge < -0.3 is 14.6 Å². The van der Waals surface area contributed by atoms with Crippen LogP contribution in [0.25, 0.3) is 5.65 Å². The van der Waals surface area contributed by atoms with Crippen molar-refractivity contribution in [3.63, 3.8) is 0 Å². The maximum Gasteiger partial charge on any atom is 0.306 e. The number of rotatable bonds is 8. The Balaban J connectivity index is 1.61. The summed E-state index contributed by atoms with van der Waals surface area (Å²) in [7, 11) is 1.29. The summed E-state index contributed by atoms with van der Waals surface area (Å²) in [4.78, 5) is 29.4. The van der Waals surface area contributed by atoms with Crippen LogP contribution in [0.1, 0.15) is 29.0 Å². The highest BCUT2D eigenvalue weighted by molar-refractivity contribution is 5.71. The number of aromatic nitrogens is 2. The molecule has 0 bridgehead atoms. The van der Waals surface area contributed by atoms with E-state index >= 15 is 0 Å². The van der Waals surface area contributed by atoms with Gasteiger partial charge in [0.15, 0.2) is 0 Å². The molecule has 0 fully saturated rings. The molecule has 2 aromatic carbocycles. The van der Waals surface area contributed by atoms with Crippen molar-refractivity contribution < 1.29 is 19.4 Å². The number of esters is 1. The third-order valence-corrected chi connectivity index (χ3v) is 5.48. The molecule has 0 radical (unpaired) electrons. The van der Waals surface area contributed by atoms with Crippen molar-refractivity contribution in [2.24, 2.45) is 0 Å². The predicted octanol–water partition coefficient (Wildman–Crippen LogP) is 3.72. The molecule has 0 saturated heterocycles. The first-order valence-electron chi connectivity index (χ1n) is 10.6. The van der Waals surface area contributed by atoms with Gasteiger partial charge in [-0.05, 0) is 35.4 Å². The van der Waals surface area contributed by atoms with Crippen molar-refractivity contribution in [1.29, 1.82) is 0 Å². The number of pyridine rings is 1. The van der Waals surface area contributed by atoms with E-state index in [9.17, 15) is 14.7 Å². The minimum absolute atomic E-state index is 0.0434. The zero-order valence-electron chi connectivity index (χ0n) is 18.2. The highest BCUT2D eigenvalue weighted by atomic mass is 16.5. The Morgan fingerprint density at radius 3 is 2.48 bits per heavy atom. The fourth-order valence-electron chi connectivity index (χ4n) is 3.76. The van der Waals surface area contributed by atoms with E-state index in [-0.39, 0.29) is 12.0 Å². The summed E-state index contributed by atoms with van der Waals surface area (Å²) in [6.45, 7) is 0.520. The maximum atomic E-state index is 13.2. The molecule has 1 N–H and O–H groups in total. The molecule has 0 unspecified atom stereocenters. The first kappa shape index (κ1) is 22.1. The van der Waals surface area contributed by atoms with Crippen LogP contribution in [-0.4, -0.2) is 34.2 Å². The van der Waals surface area contributed by atoms with E-state index < -0.39 is 23.3 Å². The highest BCUT2D eigenvalue weighted by Crippen LogP contribution is 2.32. The Morgan fingerprint density at radius 1 is 1.03 bits per heavy atom. The first-order chi connectivity index (χ1) is 16.1. The Kier molecular flexibility index (Phi) is 6.69. The van der Waals surface area contributed by atoms with Crippen LogP contribution in [0.15, 0.2) is 83.8 Å². The van der Waals surface area contributed by atoms with Crippen molar-refractivity contribution in [2.45, 2.75) is 18.8 Å². The minimum atomic E-state index is -0.729. The largest absolute Gasteiger partial charge is 0.493 e. The second-order valence-corrected chi connectivity index (χ2v) is 7.57. The lowest BCUT2D eigenvalue weighted by Crippen LogP contribution is -2.24. The standard InChI is InChI=1S/C26H24N2O5/c1-32-23(29)17-21(24-25(30)27-22-9-5-6-15-28(22)26(24)31)19-10-12-20(13-11-19)33-16-14-18-7-3-2-4-8-18/h2-13,15,21,30H,14,16-17H2,1H3/t21-/m1/s1. The van der Waals surface area contributed by atoms with E-state index in [2.05, 4.69) is 4.98 Å². The second kappa shape index (κ2) is 9.99. The number of ether oxygens (including phenoxy) is 2. The number of aromatic hydroxyl groups is 1. The van der Waals surface area contributed by atoms with Crippen LogP contribution in [0.2, 0.25) is 0 Å². The molecule has 7 heteroatoms. The smallest absolute Gasteiger partial charge is 0.306 e. The number of carbonyl (C=O) groups is 1. The molecule has 4 rings (SSSR count). The van der Waals surface area contributed by atoms with Gasteiger partial charge in [0.25, 0.3) is 5.56 Å². The van der Waals surface area contributed by atoms with Crippen molar-refractivity contribution >= 4 is 11.6 Å². The highest BCUT2D eigenvalue weighted by Gasteiger charge is 2.27. The van der Waals surface area contributed by atoms with Gasteiger partial charge in [0.1, 0.15) is 11.4 Å². The van der Waals surface area contributed by atoms with Crippen LogP contribution < -0.4 is 10.3 Å². The Bertz CT molecular complexity index is 1300. The lowest BCUT2D eigenvalue weighted by molar-refractivity contribution is -0.140. The minimum Gasteiger partial charge on any atom is -0.493 e. The Labute approximate surface area is 190 Å². The fourth-order valence-corrected chi connectivity index (χ4v) is 3.76. The van der Waals surface area contributed by atoms with Gasteiger partial charge in [-0.25, -0.2) is 0 Å². The van der Waals surface area contributed by atoms with Gasteiger partial charge in [-0.3, -0.25) is 14.0 Å². The summed E-state index contributed by atoms with van der Waals surface area (Å²) in [5.74, 6) is -0.958. The molecule has 0 amide bonds. The third kappa shape index (κ3) is 5.03. The van der Waals surface area contributed by atoms with Crippen molar-refractivity contribution in [2.75, 3.05) is 13.7 Å². The van der Waals surface area contributed by atoms with Crippen molar-refractivity contribution in [3.8, 4) is 11.6 Å². The van der Waals surface area contributed by atoms with Crippen molar-refractivity contribution in [1.82, 2.24) is 9.38 Å². The number of hydrogen-bond donors (Lipinski definition) is 1. The summed E-state index contributed by atoms with van der Waals surface area (Å²) < 4.78 is 12.0. The average molecular weight is 444 g/mol. The van der Waals surface area contributed by atoms with Crippen LogP contribution in [0, 0.1) is 0 Å². The molecule has 4 aromatic rings. The van der Waals surface area contributed by atoms with E-state index in [1.54, 1.807) is 48.7 Å². The molecule has 33 heavy (non-hydrogen) atoms. The molecule has 168 valence electrons. The molecular weight excluding hydrogens is 420 g/mol. The normalized spacial score (nSPS) is 11.8. The van der Waals surface area contributed by atoms with Crippen LogP contribution in [-0.2, 0) is 16.0 Å². The molecule has 2 heterocycles. The molecule has 0 spiro atoms. The predicted molar refractivity (Wildman–Crippen MR) is 124 cm³/mol. The van der Waals surface area contributed by atoms with E-state index in [1.165, 1.54) is 17.1 Å². The summed E-state index contributed by atoms with van der Waals surface area (Å²) >= 11 is 0. The van der Waals surface area contributed by atoms with Gasteiger partial charge in [0, 0.05) is 18.5 Å². The summed E-state index contributed by atoms with van der Waals surface area (Å²) in [6.07, 6.45) is 2.24. The monoisotopic (exact) mass is 444 g/mol. The van der Waals surface area contributed by atoms with Gasteiger partial charge in [0.2, 0.25) is 5.88 Å². The molecule has 7 nitrogen and oxygen atoms in total. The van der Waals surface area contributed by atoms with Gasteiger partial charge in [-0.15, -0.1) is 0 Å². The van der Waals surface area contributed by atoms with Gasteiger partial charge in [-0.1, -0.05) is 48.5 Å². The molecule has 1 atom stereocenters. The van der Waals surface area contributed by atoms with Gasteiger partial charge in [-0.2, -0.15) is 4.98 Å². The second-order valence-electron chi connectivity index (χ2n) is 7.57. The summed E-state index contributed by atoms with van der Waals surface area (Å²) in [5, 5.41) is 10.6. The number of benzene rings is 2. The maximum absolute atomic E-state index is 13.2. The number of carbonyl (C=O) groups excluding carboxylic acids is 1. The zero-order chi connectivity index (χ0) is 23.2. The zero-order valence-corrected chi connectivity index (χ0v) is 18.2. The number of nitrogens with zero attached hydrogens (tertiary/aromatic N) is 2. The van der Waals surface area contributed by atoms with E-state index in [1.807, 2.05) is 30.3 Å². The fraction of sp³-hybridized carbons (Fsp3) is 0.192. The van der Waals surface area contributed by atoms with Crippen LogP contribution in [0.3, 0.4) is 0 Å². The third-order valence-electron chi connectivity index (χ3n) is 5.48. The quantitative estimate of drug-likeness (QED) is 0.417. The van der Waals surface area contributed by atoms with E-state index in [0.29, 0.717) is 23.6 Å². The molecule has 0 aliphatic carbocycles. The van der Waals surface area contributed by atoms with E-state index in [0.717, 1.165) is 6.42 Å². The van der Waals surface area contributed by atoms with Crippen molar-refractivity contribution in [3.05, 3.63) is 106 Å². The SMILES string of the molecule is COC(=O)C[C@H](c1ccc(OCCc2ccccc2)cc1)c1c(O)nc2ccccn2c1=O. The molecule has 2 aromatic heterocycles. The lowest BCUT2D eigenvalue weighted by Gasteiger charge is -2.18. The first-order valence-corrected chi connectivity index (χ1v) is 10.6. The average Bonchev–Trinajstić information content (AvgIpc) is 2.84. The number of hydrogen-bond acceptors (Lipinski definition) is 6. The Morgan fingerprint density at radius 2 is 1.76 bits per heavy atom. The van der Waals surface area contributed by atoms with Gasteiger partial charge in [0.05, 0.1) is 25.7 Å². The van der Waals surface area contributed by atoms with Crippen LogP contribution in [0.5, 0.6) is 11.6 Å². The number of fused-ring (bicyclic) bond motifs is 1. The van der Waals surface area contributed by atoms with Crippen LogP contribution in [0.4, 0.5) is 0 Å². The molecule has 0 aliphatic heterocycles. The number of methoxy groups -OCH3 is 1. The summed E-state index contributed by atoms with van der Waals surface area (Å²) in [5.41, 5.74) is 1.78. The van der Waals surface area contributed by atoms with Gasteiger partial charge >= 0.3 is 5.97 Å². The Hall–Kier alpha value is -4.13. The molecular formula is C26H24N2O5. The molecule has 0 saturated carbocycles. The lowest BCUT2D eigenvalue weighted by atomic mass is 9.89.